The molecule has 4 rings (SSSR count). The van der Waals surface area contributed by atoms with E-state index in [2.05, 4.69) is 36.2 Å². The molecular weight excluding hydrogens is 274 g/mol. The fourth-order valence-electron chi connectivity index (χ4n) is 3.94. The minimum Gasteiger partial charge on any atom is -0.379 e. The van der Waals surface area contributed by atoms with Gasteiger partial charge in [-0.1, -0.05) is 48.1 Å². The molecule has 2 heterocycles. The van der Waals surface area contributed by atoms with Gasteiger partial charge in [0.1, 0.15) is 6.04 Å². The molecule has 0 spiro atoms. The minimum atomic E-state index is -0.163. The molecule has 3 unspecified atom stereocenters. The Hall–Kier alpha value is -2.36. The van der Waals surface area contributed by atoms with Crippen molar-refractivity contribution in [1.82, 2.24) is 4.90 Å². The number of benzene rings is 1. The maximum Gasteiger partial charge on any atom is 0.289 e. The van der Waals surface area contributed by atoms with Crippen LogP contribution in [0.3, 0.4) is 0 Å². The van der Waals surface area contributed by atoms with Crippen molar-refractivity contribution in [3.63, 3.8) is 0 Å². The molecule has 1 amide bonds. The van der Waals surface area contributed by atoms with E-state index >= 15 is 0 Å². The second kappa shape index (κ2) is 4.83. The van der Waals surface area contributed by atoms with Crippen LogP contribution in [0.2, 0.25) is 0 Å². The Morgan fingerprint density at radius 3 is 2.82 bits per heavy atom. The summed E-state index contributed by atoms with van der Waals surface area (Å²) in [7, 11) is 0. The van der Waals surface area contributed by atoms with Crippen molar-refractivity contribution in [2.45, 2.75) is 25.4 Å². The molecule has 3 aliphatic rings. The van der Waals surface area contributed by atoms with Crippen LogP contribution in [0.5, 0.6) is 0 Å². The summed E-state index contributed by atoms with van der Waals surface area (Å²) in [5.74, 6) is 0.392. The van der Waals surface area contributed by atoms with Crippen LogP contribution in [0.4, 0.5) is 0 Å². The maximum absolute atomic E-state index is 12.5. The highest BCUT2D eigenvalue weighted by molar-refractivity contribution is 6.37. The van der Waals surface area contributed by atoms with E-state index in [9.17, 15) is 4.79 Å². The second-order valence-electron chi connectivity index (χ2n) is 6.28. The van der Waals surface area contributed by atoms with Crippen LogP contribution in [0, 0.1) is 5.92 Å². The van der Waals surface area contributed by atoms with E-state index < -0.39 is 0 Å². The summed E-state index contributed by atoms with van der Waals surface area (Å²) in [6.07, 6.45) is 5.47. The molecule has 1 aromatic carbocycles. The number of amidine groups is 1. The fourth-order valence-corrected chi connectivity index (χ4v) is 3.94. The number of aliphatic imine (C=N–C) groups is 1. The zero-order chi connectivity index (χ0) is 15.3. The van der Waals surface area contributed by atoms with Gasteiger partial charge in [-0.3, -0.25) is 9.79 Å². The van der Waals surface area contributed by atoms with Crippen molar-refractivity contribution >= 4 is 11.7 Å². The monoisotopic (exact) mass is 293 g/mol. The average Bonchev–Trinajstić information content (AvgIpc) is 2.91. The third-order valence-electron chi connectivity index (χ3n) is 4.84. The van der Waals surface area contributed by atoms with E-state index in [-0.39, 0.29) is 23.8 Å². The van der Waals surface area contributed by atoms with Gasteiger partial charge in [-0.25, -0.2) is 0 Å². The lowest BCUT2D eigenvalue weighted by molar-refractivity contribution is -0.124. The number of nitrogens with zero attached hydrogens (tertiary/aromatic N) is 2. The van der Waals surface area contributed by atoms with Crippen LogP contribution in [0.15, 0.2) is 58.6 Å². The van der Waals surface area contributed by atoms with Gasteiger partial charge in [0.2, 0.25) is 0 Å². The number of carbonyl (C=O) groups excluding carboxylic acids is 1. The van der Waals surface area contributed by atoms with E-state index in [0.717, 1.165) is 18.5 Å². The Morgan fingerprint density at radius 1 is 1.27 bits per heavy atom. The van der Waals surface area contributed by atoms with Gasteiger partial charge in [-0.15, -0.1) is 0 Å². The molecule has 0 aromatic heterocycles. The van der Waals surface area contributed by atoms with E-state index in [0.29, 0.717) is 5.92 Å². The first-order valence-electron chi connectivity index (χ1n) is 7.74. The summed E-state index contributed by atoms with van der Waals surface area (Å²) in [5, 5.41) is 0. The second-order valence-corrected chi connectivity index (χ2v) is 6.28. The smallest absolute Gasteiger partial charge is 0.289 e. The van der Waals surface area contributed by atoms with Crippen LogP contribution >= 0.6 is 0 Å². The molecular formula is C18H19N3O. The van der Waals surface area contributed by atoms with Crippen LogP contribution in [-0.4, -0.2) is 29.2 Å². The lowest BCUT2D eigenvalue weighted by atomic mass is 9.81. The largest absolute Gasteiger partial charge is 0.379 e. The predicted molar refractivity (Wildman–Crippen MR) is 86.3 cm³/mol. The van der Waals surface area contributed by atoms with E-state index in [1.165, 1.54) is 11.1 Å². The molecule has 2 aliphatic heterocycles. The van der Waals surface area contributed by atoms with Crippen molar-refractivity contribution in [1.29, 1.82) is 0 Å². The molecule has 2 N–H and O–H groups in total. The highest BCUT2D eigenvalue weighted by Gasteiger charge is 2.45. The van der Waals surface area contributed by atoms with Gasteiger partial charge < -0.3 is 10.6 Å². The Labute approximate surface area is 130 Å². The Kier molecular flexibility index (Phi) is 2.93. The summed E-state index contributed by atoms with van der Waals surface area (Å²) in [4.78, 5) is 19.0. The number of allylic oxidation sites excluding steroid dienone is 2. The van der Waals surface area contributed by atoms with Gasteiger partial charge in [0, 0.05) is 12.5 Å². The summed E-state index contributed by atoms with van der Waals surface area (Å²) in [6, 6.07) is 10.0. The topological polar surface area (TPSA) is 58.7 Å². The van der Waals surface area contributed by atoms with Crippen molar-refractivity contribution in [2.24, 2.45) is 16.6 Å². The highest BCUT2D eigenvalue weighted by Crippen LogP contribution is 2.43. The summed E-state index contributed by atoms with van der Waals surface area (Å²) in [5.41, 5.74) is 9.53. The van der Waals surface area contributed by atoms with E-state index in [1.54, 1.807) is 0 Å². The first kappa shape index (κ1) is 13.3. The Morgan fingerprint density at radius 2 is 2.05 bits per heavy atom. The van der Waals surface area contributed by atoms with Gasteiger partial charge in [0.15, 0.2) is 5.84 Å². The third-order valence-corrected chi connectivity index (χ3v) is 4.84. The standard InChI is InChI=1S/C18H19N3O/c1-11-9-13-7-8-21-16(13)14(10-11)15(20-17(19)18(21)22)12-5-3-2-4-6-12/h2-6,9-10,13,15-16H,7-8H2,1H3,(H2,19,20). The number of hydrogen-bond donors (Lipinski definition) is 1. The number of hydrogen-bond acceptors (Lipinski definition) is 3. The number of carbonyl (C=O) groups is 1. The van der Waals surface area contributed by atoms with Crippen LogP contribution in [-0.2, 0) is 4.79 Å². The predicted octanol–water partition coefficient (Wildman–Crippen LogP) is 2.20. The molecule has 1 aliphatic carbocycles. The minimum absolute atomic E-state index is 0.103. The van der Waals surface area contributed by atoms with Crippen molar-refractivity contribution in [3.8, 4) is 0 Å². The summed E-state index contributed by atoms with van der Waals surface area (Å²) in [6.45, 7) is 2.88. The van der Waals surface area contributed by atoms with Crippen molar-refractivity contribution < 1.29 is 4.79 Å². The molecule has 1 fully saturated rings. The first-order valence-corrected chi connectivity index (χ1v) is 7.74. The molecule has 112 valence electrons. The van der Waals surface area contributed by atoms with Gasteiger partial charge in [-0.05, 0) is 24.5 Å². The van der Waals surface area contributed by atoms with Crippen molar-refractivity contribution in [2.75, 3.05) is 6.54 Å². The highest BCUT2D eigenvalue weighted by atomic mass is 16.2. The normalized spacial score (nSPS) is 30.2. The lowest BCUT2D eigenvalue weighted by Gasteiger charge is -2.32. The average molecular weight is 293 g/mol. The zero-order valence-electron chi connectivity index (χ0n) is 12.6. The van der Waals surface area contributed by atoms with Gasteiger partial charge >= 0.3 is 0 Å². The maximum atomic E-state index is 12.5. The molecule has 1 saturated heterocycles. The van der Waals surface area contributed by atoms with Gasteiger partial charge in [-0.2, -0.15) is 0 Å². The number of rotatable bonds is 1. The molecule has 22 heavy (non-hydrogen) atoms. The van der Waals surface area contributed by atoms with Crippen LogP contribution in [0.1, 0.15) is 24.9 Å². The van der Waals surface area contributed by atoms with Crippen LogP contribution < -0.4 is 5.73 Å². The summed E-state index contributed by atoms with van der Waals surface area (Å²) >= 11 is 0. The third kappa shape index (κ3) is 1.90. The van der Waals surface area contributed by atoms with Crippen LogP contribution in [0.25, 0.3) is 0 Å². The SMILES string of the molecule is CC1=CC2CCN3C(=O)C(N)=NC(c4ccccc4)C(=C1)C23. The van der Waals surface area contributed by atoms with E-state index in [1.807, 2.05) is 23.1 Å². The molecule has 1 aromatic rings. The number of amides is 1. The summed E-state index contributed by atoms with van der Waals surface area (Å²) < 4.78 is 0. The molecule has 4 nitrogen and oxygen atoms in total. The lowest BCUT2D eigenvalue weighted by Crippen LogP contribution is -2.44. The van der Waals surface area contributed by atoms with Gasteiger partial charge in [0.25, 0.3) is 5.91 Å². The Balaban J connectivity index is 1.90. The molecule has 0 saturated carbocycles. The Bertz CT molecular complexity index is 717. The molecule has 3 atom stereocenters. The van der Waals surface area contributed by atoms with E-state index in [4.69, 9.17) is 5.73 Å². The molecule has 4 heteroatoms. The number of nitrogens with two attached hydrogens (primary N) is 1. The molecule has 0 bridgehead atoms. The quantitative estimate of drug-likeness (QED) is 0.863. The zero-order valence-corrected chi connectivity index (χ0v) is 12.6. The molecule has 0 radical (unpaired) electrons. The van der Waals surface area contributed by atoms with Crippen molar-refractivity contribution in [3.05, 3.63) is 59.2 Å². The first-order chi connectivity index (χ1) is 10.6. The fraction of sp³-hybridized carbons (Fsp3) is 0.333. The van der Waals surface area contributed by atoms with Gasteiger partial charge in [0.05, 0.1) is 6.04 Å².